The van der Waals surface area contributed by atoms with E-state index in [-0.39, 0.29) is 5.69 Å². The number of aromatic nitrogens is 3. The maximum Gasteiger partial charge on any atom is 0.344 e. The van der Waals surface area contributed by atoms with Gasteiger partial charge in [-0.1, -0.05) is 0 Å². The minimum absolute atomic E-state index is 0.286. The summed E-state index contributed by atoms with van der Waals surface area (Å²) in [6.07, 6.45) is 0.653. The van der Waals surface area contributed by atoms with Gasteiger partial charge in [-0.15, -0.1) is 11.6 Å². The molecule has 1 aromatic rings. The van der Waals surface area contributed by atoms with Crippen LogP contribution in [-0.2, 0) is 6.54 Å². The number of alkyl halides is 1. The van der Waals surface area contributed by atoms with Crippen LogP contribution in [0.15, 0.2) is 9.59 Å². The van der Waals surface area contributed by atoms with Crippen molar-refractivity contribution >= 4 is 11.6 Å². The fourth-order valence-electron chi connectivity index (χ4n) is 0.885. The number of aromatic amines is 1. The highest BCUT2D eigenvalue weighted by atomic mass is 35.5. The van der Waals surface area contributed by atoms with Gasteiger partial charge in [-0.05, 0) is 13.3 Å². The van der Waals surface area contributed by atoms with Crippen molar-refractivity contribution in [3.8, 4) is 0 Å². The maximum absolute atomic E-state index is 11.1. The van der Waals surface area contributed by atoms with Crippen LogP contribution in [0.5, 0.6) is 0 Å². The summed E-state index contributed by atoms with van der Waals surface area (Å²) in [4.78, 5) is 24.2. The molecular weight excluding hydrogens is 194 g/mol. The lowest BCUT2D eigenvalue weighted by Crippen LogP contribution is -2.34. The van der Waals surface area contributed by atoms with E-state index in [0.29, 0.717) is 18.8 Å². The van der Waals surface area contributed by atoms with Gasteiger partial charge in [0.25, 0.3) is 5.56 Å². The van der Waals surface area contributed by atoms with Gasteiger partial charge in [-0.25, -0.2) is 9.48 Å². The van der Waals surface area contributed by atoms with Crippen molar-refractivity contribution in [1.29, 1.82) is 0 Å². The third-order valence-corrected chi connectivity index (χ3v) is 1.83. The topological polar surface area (TPSA) is 67.8 Å². The molecule has 1 aromatic heterocycles. The molecule has 0 bridgehead atoms. The SMILES string of the molecule is Cc1nn(CCCCl)c(=O)[nH]c1=O. The molecule has 13 heavy (non-hydrogen) atoms. The van der Waals surface area contributed by atoms with Gasteiger partial charge < -0.3 is 0 Å². The Morgan fingerprint density at radius 2 is 2.23 bits per heavy atom. The monoisotopic (exact) mass is 203 g/mol. The van der Waals surface area contributed by atoms with Gasteiger partial charge in [-0.2, -0.15) is 5.10 Å². The molecule has 1 rings (SSSR count). The summed E-state index contributed by atoms with van der Waals surface area (Å²) in [5.41, 5.74) is -0.637. The number of aryl methyl sites for hydroxylation is 2. The number of nitrogens with zero attached hydrogens (tertiary/aromatic N) is 2. The van der Waals surface area contributed by atoms with Crippen molar-refractivity contribution in [3.05, 3.63) is 26.5 Å². The number of rotatable bonds is 3. The fourth-order valence-corrected chi connectivity index (χ4v) is 1.00. The molecule has 0 unspecified atom stereocenters. The van der Waals surface area contributed by atoms with Crippen molar-refractivity contribution in [1.82, 2.24) is 14.8 Å². The van der Waals surface area contributed by atoms with Crippen molar-refractivity contribution in [2.75, 3.05) is 5.88 Å². The largest absolute Gasteiger partial charge is 0.344 e. The molecule has 0 radical (unpaired) electrons. The van der Waals surface area contributed by atoms with E-state index in [1.54, 1.807) is 6.92 Å². The molecule has 0 aliphatic rings. The van der Waals surface area contributed by atoms with Gasteiger partial charge in [-0.3, -0.25) is 9.78 Å². The van der Waals surface area contributed by atoms with Crippen molar-refractivity contribution in [2.24, 2.45) is 0 Å². The molecule has 72 valence electrons. The van der Waals surface area contributed by atoms with Crippen LogP contribution < -0.4 is 11.2 Å². The predicted octanol–water partition coefficient (Wildman–Crippen LogP) is -0.131. The summed E-state index contributed by atoms with van der Waals surface area (Å²) < 4.78 is 1.21. The molecule has 0 atom stereocenters. The molecule has 0 aliphatic carbocycles. The average molecular weight is 204 g/mol. The van der Waals surface area contributed by atoms with Crippen LogP contribution in [-0.4, -0.2) is 20.6 Å². The van der Waals surface area contributed by atoms with Crippen LogP contribution in [0, 0.1) is 6.92 Å². The van der Waals surface area contributed by atoms with E-state index in [9.17, 15) is 9.59 Å². The van der Waals surface area contributed by atoms with Crippen LogP contribution in [0.2, 0.25) is 0 Å². The molecule has 5 nitrogen and oxygen atoms in total. The van der Waals surface area contributed by atoms with Crippen LogP contribution in [0.3, 0.4) is 0 Å². The highest BCUT2D eigenvalue weighted by Gasteiger charge is 2.00. The van der Waals surface area contributed by atoms with Gasteiger partial charge in [0.1, 0.15) is 5.69 Å². The number of nitrogens with one attached hydrogen (secondary N) is 1. The molecule has 0 aliphatic heterocycles. The third-order valence-electron chi connectivity index (χ3n) is 1.56. The lowest BCUT2D eigenvalue weighted by atomic mass is 10.5. The number of H-pyrrole nitrogens is 1. The van der Waals surface area contributed by atoms with E-state index in [4.69, 9.17) is 11.6 Å². The zero-order valence-electron chi connectivity index (χ0n) is 7.21. The molecule has 6 heteroatoms. The second kappa shape index (κ2) is 4.23. The van der Waals surface area contributed by atoms with Gasteiger partial charge in [0.05, 0.1) is 0 Å². The first-order valence-electron chi connectivity index (χ1n) is 3.89. The van der Waals surface area contributed by atoms with E-state index in [2.05, 4.69) is 10.1 Å². The molecule has 0 spiro atoms. The smallest absolute Gasteiger partial charge is 0.271 e. The molecule has 0 saturated carbocycles. The standard InChI is InChI=1S/C7H10ClN3O2/c1-5-6(12)9-7(13)11(10-5)4-2-3-8/h2-4H2,1H3,(H,9,12,13). The molecule has 0 amide bonds. The zero-order chi connectivity index (χ0) is 9.84. The fraction of sp³-hybridized carbons (Fsp3) is 0.571. The summed E-state index contributed by atoms with van der Waals surface area (Å²) in [6, 6.07) is 0. The molecular formula is C7H10ClN3O2. The molecule has 0 aromatic carbocycles. The summed E-state index contributed by atoms with van der Waals surface area (Å²) >= 11 is 5.46. The Kier molecular flexibility index (Phi) is 3.25. The Balaban J connectivity index is 3.02. The Labute approximate surface area is 79.4 Å². The van der Waals surface area contributed by atoms with Crippen molar-refractivity contribution in [2.45, 2.75) is 19.9 Å². The van der Waals surface area contributed by atoms with Crippen molar-refractivity contribution in [3.63, 3.8) is 0 Å². The van der Waals surface area contributed by atoms with E-state index < -0.39 is 11.2 Å². The minimum atomic E-state index is -0.485. The first kappa shape index (κ1) is 9.98. The number of hydrogen-bond donors (Lipinski definition) is 1. The first-order valence-corrected chi connectivity index (χ1v) is 4.42. The quantitative estimate of drug-likeness (QED) is 0.696. The van der Waals surface area contributed by atoms with Crippen LogP contribution in [0.25, 0.3) is 0 Å². The molecule has 1 N–H and O–H groups in total. The highest BCUT2D eigenvalue weighted by molar-refractivity contribution is 6.17. The minimum Gasteiger partial charge on any atom is -0.271 e. The predicted molar refractivity (Wildman–Crippen MR) is 49.2 cm³/mol. The van der Waals surface area contributed by atoms with Crippen LogP contribution in [0.4, 0.5) is 0 Å². The zero-order valence-corrected chi connectivity index (χ0v) is 7.97. The van der Waals surface area contributed by atoms with E-state index in [1.807, 2.05) is 0 Å². The normalized spacial score (nSPS) is 10.3. The third kappa shape index (κ3) is 2.42. The Hall–Kier alpha value is -1.10. The Bertz CT molecular complexity index is 395. The molecule has 0 fully saturated rings. The van der Waals surface area contributed by atoms with Gasteiger partial charge in [0, 0.05) is 12.4 Å². The second-order valence-corrected chi connectivity index (χ2v) is 2.99. The van der Waals surface area contributed by atoms with Gasteiger partial charge in [0.15, 0.2) is 0 Å². The number of halogens is 1. The van der Waals surface area contributed by atoms with Gasteiger partial charge >= 0.3 is 5.69 Å². The van der Waals surface area contributed by atoms with E-state index >= 15 is 0 Å². The average Bonchev–Trinajstić information content (AvgIpc) is 2.09. The summed E-state index contributed by atoms with van der Waals surface area (Å²) in [6.45, 7) is 1.98. The van der Waals surface area contributed by atoms with Crippen LogP contribution in [0.1, 0.15) is 12.1 Å². The maximum atomic E-state index is 11.1. The second-order valence-electron chi connectivity index (χ2n) is 2.61. The summed E-state index contributed by atoms with van der Waals surface area (Å²) in [5, 5.41) is 3.81. The molecule has 0 saturated heterocycles. The number of hydrogen-bond acceptors (Lipinski definition) is 3. The van der Waals surface area contributed by atoms with E-state index in [0.717, 1.165) is 0 Å². The first-order chi connectivity index (χ1) is 6.15. The van der Waals surface area contributed by atoms with Crippen molar-refractivity contribution < 1.29 is 0 Å². The lowest BCUT2D eigenvalue weighted by Gasteiger charge is -2.01. The Morgan fingerprint density at radius 1 is 1.54 bits per heavy atom. The van der Waals surface area contributed by atoms with Gasteiger partial charge in [0.2, 0.25) is 0 Å². The van der Waals surface area contributed by atoms with Crippen LogP contribution >= 0.6 is 11.6 Å². The summed E-state index contributed by atoms with van der Waals surface area (Å²) in [7, 11) is 0. The summed E-state index contributed by atoms with van der Waals surface area (Å²) in [5.74, 6) is 0.465. The highest BCUT2D eigenvalue weighted by Crippen LogP contribution is 1.86. The van der Waals surface area contributed by atoms with E-state index in [1.165, 1.54) is 4.68 Å². The molecule has 1 heterocycles. The lowest BCUT2D eigenvalue weighted by molar-refractivity contribution is 0.539. The Morgan fingerprint density at radius 3 is 2.85 bits per heavy atom.